The fraction of sp³-hybridized carbons (Fsp3) is 0.308. The maximum Gasteiger partial charge on any atom is 0.208 e. The molecular formula is C13H14Cl2N2O. The zero-order valence-corrected chi connectivity index (χ0v) is 11.7. The molecule has 0 aliphatic heterocycles. The van der Waals surface area contributed by atoms with Crippen LogP contribution in [-0.4, -0.2) is 11.0 Å². The molecule has 0 fully saturated rings. The van der Waals surface area contributed by atoms with Crippen molar-refractivity contribution in [2.75, 3.05) is 0 Å². The summed E-state index contributed by atoms with van der Waals surface area (Å²) in [4.78, 5) is 4.20. The lowest BCUT2D eigenvalue weighted by molar-refractivity contribution is 0.459. The van der Waals surface area contributed by atoms with E-state index in [1.165, 1.54) is 0 Å². The van der Waals surface area contributed by atoms with Crippen molar-refractivity contribution in [2.24, 2.45) is 0 Å². The van der Waals surface area contributed by atoms with Gasteiger partial charge in [0.15, 0.2) is 5.76 Å². The first-order valence-corrected chi connectivity index (χ1v) is 6.46. The van der Waals surface area contributed by atoms with Crippen molar-refractivity contribution >= 4 is 23.2 Å². The predicted octanol–water partition coefficient (Wildman–Crippen LogP) is 4.15. The van der Waals surface area contributed by atoms with Crippen LogP contribution >= 0.6 is 23.2 Å². The third-order valence-electron chi connectivity index (χ3n) is 2.43. The summed E-state index contributed by atoms with van der Waals surface area (Å²) in [5.41, 5.74) is 0.757. The fourth-order valence-electron chi connectivity index (χ4n) is 1.50. The molecule has 0 saturated heterocycles. The lowest BCUT2D eigenvalue weighted by Crippen LogP contribution is -2.21. The normalized spacial score (nSPS) is 11.2. The highest BCUT2D eigenvalue weighted by Gasteiger charge is 2.11. The summed E-state index contributed by atoms with van der Waals surface area (Å²) < 4.78 is 5.64. The fourth-order valence-corrected chi connectivity index (χ4v) is 1.90. The van der Waals surface area contributed by atoms with E-state index < -0.39 is 0 Å². The second-order valence-electron chi connectivity index (χ2n) is 4.26. The number of hydrogen-bond acceptors (Lipinski definition) is 3. The Balaban J connectivity index is 2.21. The summed E-state index contributed by atoms with van der Waals surface area (Å²) >= 11 is 12.1. The minimum atomic E-state index is 0.384. The third kappa shape index (κ3) is 3.05. The van der Waals surface area contributed by atoms with E-state index in [0.29, 0.717) is 34.3 Å². The first-order chi connectivity index (χ1) is 8.58. The molecule has 0 saturated carbocycles. The van der Waals surface area contributed by atoms with Gasteiger partial charge in [0.1, 0.15) is 0 Å². The number of nitrogens with zero attached hydrogens (tertiary/aromatic N) is 1. The first kappa shape index (κ1) is 13.4. The molecule has 5 heteroatoms. The van der Waals surface area contributed by atoms with Crippen LogP contribution in [0.1, 0.15) is 19.7 Å². The van der Waals surface area contributed by atoms with Gasteiger partial charge in [-0.05, 0) is 12.1 Å². The van der Waals surface area contributed by atoms with E-state index in [9.17, 15) is 0 Å². The van der Waals surface area contributed by atoms with Crippen LogP contribution < -0.4 is 5.32 Å². The molecule has 1 N–H and O–H groups in total. The van der Waals surface area contributed by atoms with Gasteiger partial charge in [-0.2, -0.15) is 0 Å². The zero-order valence-electron chi connectivity index (χ0n) is 10.2. The Labute approximate surface area is 116 Å². The van der Waals surface area contributed by atoms with Crippen LogP contribution in [0.3, 0.4) is 0 Å². The predicted molar refractivity (Wildman–Crippen MR) is 73.9 cm³/mol. The van der Waals surface area contributed by atoms with Crippen LogP contribution in [0, 0.1) is 0 Å². The minimum absolute atomic E-state index is 0.384. The van der Waals surface area contributed by atoms with Crippen LogP contribution in [0.5, 0.6) is 0 Å². The van der Waals surface area contributed by atoms with Gasteiger partial charge in [-0.15, -0.1) is 0 Å². The number of hydrogen-bond donors (Lipinski definition) is 1. The van der Waals surface area contributed by atoms with Gasteiger partial charge in [0, 0.05) is 11.6 Å². The molecule has 0 radical (unpaired) electrons. The molecule has 1 aromatic carbocycles. The van der Waals surface area contributed by atoms with E-state index in [-0.39, 0.29) is 0 Å². The summed E-state index contributed by atoms with van der Waals surface area (Å²) in [5, 5.41) is 4.23. The highest BCUT2D eigenvalue weighted by molar-refractivity contribution is 6.43. The van der Waals surface area contributed by atoms with Gasteiger partial charge in [-0.25, -0.2) is 4.98 Å². The topological polar surface area (TPSA) is 38.1 Å². The minimum Gasteiger partial charge on any atom is -0.439 e. The molecule has 18 heavy (non-hydrogen) atoms. The molecule has 0 unspecified atom stereocenters. The molecule has 0 atom stereocenters. The standard InChI is InChI=1S/C13H14Cl2N2O/c1-8(2)16-7-12-17-6-11(18-12)9-4-3-5-10(14)13(9)15/h3-6,8,16H,7H2,1-2H3. The summed E-state index contributed by atoms with van der Waals surface area (Å²) in [6.45, 7) is 4.73. The SMILES string of the molecule is CC(C)NCc1ncc(-c2cccc(Cl)c2Cl)o1. The smallest absolute Gasteiger partial charge is 0.208 e. The number of halogens is 2. The van der Waals surface area contributed by atoms with Crippen LogP contribution in [0.25, 0.3) is 11.3 Å². The third-order valence-corrected chi connectivity index (χ3v) is 3.25. The molecule has 96 valence electrons. The largest absolute Gasteiger partial charge is 0.439 e. The van der Waals surface area contributed by atoms with Gasteiger partial charge in [-0.3, -0.25) is 0 Å². The average molecular weight is 285 g/mol. The van der Waals surface area contributed by atoms with Crippen LogP contribution in [0.4, 0.5) is 0 Å². The molecule has 1 heterocycles. The van der Waals surface area contributed by atoms with E-state index in [1.807, 2.05) is 12.1 Å². The van der Waals surface area contributed by atoms with Crippen molar-refractivity contribution in [3.63, 3.8) is 0 Å². The van der Waals surface area contributed by atoms with Crippen LogP contribution in [0.15, 0.2) is 28.8 Å². The molecule has 0 spiro atoms. The summed E-state index contributed by atoms with van der Waals surface area (Å²) in [6, 6.07) is 5.81. The Bertz CT molecular complexity index is 538. The molecular weight excluding hydrogens is 271 g/mol. The lowest BCUT2D eigenvalue weighted by atomic mass is 10.2. The lowest BCUT2D eigenvalue weighted by Gasteiger charge is -2.04. The Hall–Kier alpha value is -1.03. The second kappa shape index (κ2) is 5.74. The number of oxazole rings is 1. The second-order valence-corrected chi connectivity index (χ2v) is 5.04. The van der Waals surface area contributed by atoms with Gasteiger partial charge >= 0.3 is 0 Å². The summed E-state index contributed by atoms with van der Waals surface area (Å²) in [6.07, 6.45) is 1.66. The Morgan fingerprint density at radius 2 is 2.11 bits per heavy atom. The average Bonchev–Trinajstić information content (AvgIpc) is 2.78. The van der Waals surface area contributed by atoms with Crippen LogP contribution in [-0.2, 0) is 6.54 Å². The molecule has 0 aliphatic rings. The van der Waals surface area contributed by atoms with Gasteiger partial charge in [0.05, 0.1) is 22.8 Å². The molecule has 0 bridgehead atoms. The van der Waals surface area contributed by atoms with Crippen molar-refractivity contribution < 1.29 is 4.42 Å². The van der Waals surface area contributed by atoms with Crippen molar-refractivity contribution in [1.29, 1.82) is 0 Å². The molecule has 3 nitrogen and oxygen atoms in total. The van der Waals surface area contributed by atoms with Crippen LogP contribution in [0.2, 0.25) is 10.0 Å². The molecule has 0 aliphatic carbocycles. The maximum atomic E-state index is 6.13. The Morgan fingerprint density at radius 3 is 2.83 bits per heavy atom. The van der Waals surface area contributed by atoms with E-state index in [1.54, 1.807) is 12.3 Å². The highest BCUT2D eigenvalue weighted by atomic mass is 35.5. The van der Waals surface area contributed by atoms with Crippen molar-refractivity contribution in [2.45, 2.75) is 26.4 Å². The number of rotatable bonds is 4. The van der Waals surface area contributed by atoms with Gasteiger partial charge in [0.25, 0.3) is 0 Å². The van der Waals surface area contributed by atoms with E-state index >= 15 is 0 Å². The van der Waals surface area contributed by atoms with Gasteiger partial charge in [-0.1, -0.05) is 43.1 Å². The number of benzene rings is 1. The number of nitrogens with one attached hydrogen (secondary N) is 1. The van der Waals surface area contributed by atoms with E-state index in [2.05, 4.69) is 24.1 Å². The Kier molecular flexibility index (Phi) is 4.27. The maximum absolute atomic E-state index is 6.13. The van der Waals surface area contributed by atoms with Crippen molar-refractivity contribution in [3.8, 4) is 11.3 Å². The molecule has 0 amide bonds. The quantitative estimate of drug-likeness (QED) is 0.917. The Morgan fingerprint density at radius 1 is 1.33 bits per heavy atom. The summed E-state index contributed by atoms with van der Waals surface area (Å²) in [7, 11) is 0. The summed E-state index contributed by atoms with van der Waals surface area (Å²) in [5.74, 6) is 1.26. The molecule has 2 aromatic rings. The highest BCUT2D eigenvalue weighted by Crippen LogP contribution is 2.33. The number of aromatic nitrogens is 1. The van der Waals surface area contributed by atoms with E-state index in [4.69, 9.17) is 27.6 Å². The van der Waals surface area contributed by atoms with E-state index in [0.717, 1.165) is 5.56 Å². The molecule has 2 rings (SSSR count). The van der Waals surface area contributed by atoms with Gasteiger partial charge in [0.2, 0.25) is 5.89 Å². The van der Waals surface area contributed by atoms with Crippen molar-refractivity contribution in [1.82, 2.24) is 10.3 Å². The van der Waals surface area contributed by atoms with Crippen molar-refractivity contribution in [3.05, 3.63) is 40.3 Å². The molecule has 1 aromatic heterocycles. The van der Waals surface area contributed by atoms with Gasteiger partial charge < -0.3 is 9.73 Å². The monoisotopic (exact) mass is 284 g/mol. The first-order valence-electron chi connectivity index (χ1n) is 5.70. The zero-order chi connectivity index (χ0) is 13.1.